The highest BCUT2D eigenvalue weighted by molar-refractivity contribution is 7.14. The largest absolute Gasteiger partial charge is 0.507 e. The van der Waals surface area contributed by atoms with Gasteiger partial charge in [0.05, 0.1) is 12.8 Å². The maximum atomic E-state index is 12.4. The van der Waals surface area contributed by atoms with E-state index in [1.165, 1.54) is 18.4 Å². The number of rotatable bonds is 8. The molecule has 0 atom stereocenters. The molecule has 4 rings (SSSR count). The number of methoxy groups -OCH3 is 1. The van der Waals surface area contributed by atoms with Crippen LogP contribution in [0, 0.1) is 6.92 Å². The van der Waals surface area contributed by atoms with Crippen LogP contribution in [0.1, 0.15) is 46.8 Å². The summed E-state index contributed by atoms with van der Waals surface area (Å²) < 4.78 is 10.6. The Balaban J connectivity index is 1.38. The zero-order valence-electron chi connectivity index (χ0n) is 19.2. The molecule has 34 heavy (non-hydrogen) atoms. The van der Waals surface area contributed by atoms with E-state index < -0.39 is 5.97 Å². The molecule has 2 aromatic heterocycles. The Morgan fingerprint density at radius 3 is 2.88 bits per heavy atom. The van der Waals surface area contributed by atoms with Gasteiger partial charge in [-0.3, -0.25) is 9.78 Å². The van der Waals surface area contributed by atoms with E-state index >= 15 is 0 Å². The van der Waals surface area contributed by atoms with Crippen LogP contribution in [0.3, 0.4) is 0 Å². The number of pyridine rings is 1. The van der Waals surface area contributed by atoms with Crippen LogP contribution in [0.4, 0.5) is 5.13 Å². The summed E-state index contributed by atoms with van der Waals surface area (Å²) in [6, 6.07) is 5.60. The highest BCUT2D eigenvalue weighted by Gasteiger charge is 2.31. The van der Waals surface area contributed by atoms with E-state index in [1.807, 2.05) is 43.5 Å². The minimum atomic E-state index is -0.523. The normalized spacial score (nSPS) is 12.9. The molecular formula is C25H25N3O5S. The predicted octanol–water partition coefficient (Wildman–Crippen LogP) is 4.81. The second-order valence-electron chi connectivity index (χ2n) is 7.97. The summed E-state index contributed by atoms with van der Waals surface area (Å²) in [5.41, 5.74) is 4.65. The molecule has 0 aliphatic carbocycles. The molecule has 0 saturated carbocycles. The van der Waals surface area contributed by atoms with Crippen LogP contribution in [0.25, 0.3) is 11.4 Å². The first-order valence-corrected chi connectivity index (χ1v) is 11.7. The quantitative estimate of drug-likeness (QED) is 0.352. The summed E-state index contributed by atoms with van der Waals surface area (Å²) in [6.45, 7) is 3.91. The summed E-state index contributed by atoms with van der Waals surface area (Å²) in [5, 5.41) is 15.9. The van der Waals surface area contributed by atoms with Crippen LogP contribution in [-0.4, -0.2) is 34.1 Å². The molecule has 1 amide bonds. The fraction of sp³-hybridized carbons (Fsp3) is 0.280. The number of fused-ring (bicyclic) bond motifs is 1. The zero-order chi connectivity index (χ0) is 24.2. The molecule has 3 heterocycles. The average Bonchev–Trinajstić information content (AvgIpc) is 3.46. The van der Waals surface area contributed by atoms with Gasteiger partial charge in [-0.2, -0.15) is 0 Å². The van der Waals surface area contributed by atoms with Crippen molar-refractivity contribution in [2.75, 3.05) is 12.4 Å². The number of nitrogens with one attached hydrogen (secondary N) is 1. The molecule has 0 spiro atoms. The number of cyclic esters (lactones) is 1. The third-order valence-electron chi connectivity index (χ3n) is 5.73. The third kappa shape index (κ3) is 4.79. The minimum Gasteiger partial charge on any atom is -0.507 e. The van der Waals surface area contributed by atoms with Crippen LogP contribution < -0.4 is 10.1 Å². The van der Waals surface area contributed by atoms with Crippen molar-refractivity contribution < 1.29 is 24.2 Å². The number of aromatic hydroxyl groups is 1. The maximum Gasteiger partial charge on any atom is 0.342 e. The molecule has 1 aromatic carbocycles. The molecule has 0 unspecified atom stereocenters. The summed E-state index contributed by atoms with van der Waals surface area (Å²) in [5.74, 6) is -0.213. The number of hydrogen-bond donors (Lipinski definition) is 2. The van der Waals surface area contributed by atoms with Gasteiger partial charge in [0.25, 0.3) is 0 Å². The number of benzene rings is 1. The van der Waals surface area contributed by atoms with Crippen molar-refractivity contribution in [3.63, 3.8) is 0 Å². The molecule has 0 fully saturated rings. The monoisotopic (exact) mass is 479 g/mol. The van der Waals surface area contributed by atoms with Crippen LogP contribution in [0.5, 0.6) is 11.5 Å². The second-order valence-corrected chi connectivity index (χ2v) is 8.83. The number of carbonyl (C=O) groups is 2. The molecule has 0 saturated heterocycles. The predicted molar refractivity (Wildman–Crippen MR) is 129 cm³/mol. The first-order chi connectivity index (χ1) is 16.4. The fourth-order valence-corrected chi connectivity index (χ4v) is 4.58. The third-order valence-corrected chi connectivity index (χ3v) is 6.48. The molecule has 176 valence electrons. The molecule has 2 N–H and O–H groups in total. The average molecular weight is 480 g/mol. The lowest BCUT2D eigenvalue weighted by atomic mass is 9.94. The van der Waals surface area contributed by atoms with Crippen molar-refractivity contribution in [3.8, 4) is 22.9 Å². The Hall–Kier alpha value is -3.72. The van der Waals surface area contributed by atoms with Gasteiger partial charge in [-0.25, -0.2) is 9.78 Å². The standard InChI is InChI=1S/C25H25N3O5S/c1-14(7-9-16-22(30)21-17(12-33-24(21)31)15(2)23(16)32-3)8-10-20(29)28-25-27-19(13-34-25)18-6-4-5-11-26-18/h4-7,11,13,30H,8-10,12H2,1-3H3,(H,27,28,29)/b14-7+. The Bertz CT molecular complexity index is 1270. The van der Waals surface area contributed by atoms with Crippen molar-refractivity contribution in [2.24, 2.45) is 0 Å². The molecule has 3 aromatic rings. The highest BCUT2D eigenvalue weighted by Crippen LogP contribution is 2.42. The Labute approximate surface area is 201 Å². The molecule has 1 aliphatic rings. The van der Waals surface area contributed by atoms with Crippen LogP contribution >= 0.6 is 11.3 Å². The molecule has 9 heteroatoms. The topological polar surface area (TPSA) is 111 Å². The Morgan fingerprint density at radius 2 is 2.15 bits per heavy atom. The van der Waals surface area contributed by atoms with Crippen molar-refractivity contribution in [1.82, 2.24) is 9.97 Å². The number of esters is 1. The van der Waals surface area contributed by atoms with Gasteiger partial charge in [0.2, 0.25) is 5.91 Å². The summed E-state index contributed by atoms with van der Waals surface area (Å²) in [6.07, 6.45) is 4.83. The summed E-state index contributed by atoms with van der Waals surface area (Å²) >= 11 is 1.35. The molecule has 1 aliphatic heterocycles. The number of nitrogens with zero attached hydrogens (tertiary/aromatic N) is 2. The number of aromatic nitrogens is 2. The molecule has 8 nitrogen and oxygen atoms in total. The molecule has 0 radical (unpaired) electrons. The molecule has 0 bridgehead atoms. The van der Waals surface area contributed by atoms with Crippen molar-refractivity contribution in [1.29, 1.82) is 0 Å². The molecular weight excluding hydrogens is 454 g/mol. The van der Waals surface area contributed by atoms with Gasteiger partial charge in [-0.1, -0.05) is 17.7 Å². The lowest BCUT2D eigenvalue weighted by Crippen LogP contribution is -2.11. The van der Waals surface area contributed by atoms with E-state index in [0.717, 1.165) is 22.5 Å². The SMILES string of the molecule is COc1c(C)c2c(c(O)c1C/C=C(\C)CCC(=O)Nc1nc(-c3ccccn3)cs1)C(=O)OC2. The van der Waals surface area contributed by atoms with Gasteiger partial charge >= 0.3 is 5.97 Å². The van der Waals surface area contributed by atoms with Gasteiger partial charge in [-0.05, 0) is 44.4 Å². The van der Waals surface area contributed by atoms with Crippen molar-refractivity contribution in [3.05, 3.63) is 63.7 Å². The van der Waals surface area contributed by atoms with E-state index in [9.17, 15) is 14.7 Å². The van der Waals surface area contributed by atoms with Crippen molar-refractivity contribution >= 4 is 28.3 Å². The van der Waals surface area contributed by atoms with Crippen LogP contribution in [0.15, 0.2) is 41.4 Å². The van der Waals surface area contributed by atoms with E-state index in [1.54, 1.807) is 6.20 Å². The smallest absolute Gasteiger partial charge is 0.342 e. The number of hydrogen-bond acceptors (Lipinski definition) is 8. The van der Waals surface area contributed by atoms with E-state index in [0.29, 0.717) is 41.3 Å². The van der Waals surface area contributed by atoms with Gasteiger partial charge < -0.3 is 19.9 Å². The Morgan fingerprint density at radius 1 is 1.32 bits per heavy atom. The maximum absolute atomic E-state index is 12.4. The number of amides is 1. The zero-order valence-corrected chi connectivity index (χ0v) is 20.0. The number of allylic oxidation sites excluding steroid dienone is 2. The number of ether oxygens (including phenoxy) is 2. The first kappa shape index (κ1) is 23.4. The number of carbonyl (C=O) groups excluding carboxylic acids is 2. The summed E-state index contributed by atoms with van der Waals surface area (Å²) in [4.78, 5) is 33.1. The second kappa shape index (κ2) is 10.0. The lowest BCUT2D eigenvalue weighted by molar-refractivity contribution is -0.116. The van der Waals surface area contributed by atoms with Gasteiger partial charge in [0.1, 0.15) is 29.4 Å². The van der Waals surface area contributed by atoms with E-state index in [-0.39, 0.29) is 23.8 Å². The highest BCUT2D eigenvalue weighted by atomic mass is 32.1. The van der Waals surface area contributed by atoms with Gasteiger partial charge in [-0.15, -0.1) is 11.3 Å². The van der Waals surface area contributed by atoms with E-state index in [2.05, 4.69) is 15.3 Å². The van der Waals surface area contributed by atoms with E-state index in [4.69, 9.17) is 9.47 Å². The Kier molecular flexibility index (Phi) is 6.93. The van der Waals surface area contributed by atoms with Crippen molar-refractivity contribution in [2.45, 2.75) is 39.7 Å². The number of phenolic OH excluding ortho intramolecular Hbond substituents is 1. The fourth-order valence-electron chi connectivity index (χ4n) is 3.86. The number of thiazole rings is 1. The summed E-state index contributed by atoms with van der Waals surface area (Å²) in [7, 11) is 1.54. The number of anilines is 1. The minimum absolute atomic E-state index is 0.103. The van der Waals surface area contributed by atoms with Crippen LogP contribution in [-0.2, 0) is 22.6 Å². The van der Waals surface area contributed by atoms with Gasteiger partial charge in [0, 0.05) is 29.1 Å². The first-order valence-electron chi connectivity index (χ1n) is 10.8. The van der Waals surface area contributed by atoms with Crippen LogP contribution in [0.2, 0.25) is 0 Å². The van der Waals surface area contributed by atoms with Gasteiger partial charge in [0.15, 0.2) is 5.13 Å². The number of phenols is 1. The lowest BCUT2D eigenvalue weighted by Gasteiger charge is -2.15.